The Labute approximate surface area is 67.9 Å². The highest BCUT2D eigenvalue weighted by Gasteiger charge is 2.31. The molecule has 0 amide bonds. The molecule has 1 unspecified atom stereocenters. The van der Waals surface area contributed by atoms with Crippen molar-refractivity contribution in [3.63, 3.8) is 0 Å². The summed E-state index contributed by atoms with van der Waals surface area (Å²) in [6.45, 7) is 7.16. The van der Waals surface area contributed by atoms with Gasteiger partial charge in [0.05, 0.1) is 5.60 Å². The minimum absolute atomic E-state index is 0.104. The third-order valence-corrected chi connectivity index (χ3v) is 2.04. The molecule has 3 heteroatoms. The summed E-state index contributed by atoms with van der Waals surface area (Å²) in [5.74, 6) is 5.09. The summed E-state index contributed by atoms with van der Waals surface area (Å²) in [5.41, 5.74) is -0.541. The molecule has 0 aliphatic heterocycles. The predicted molar refractivity (Wildman–Crippen MR) is 43.8 cm³/mol. The zero-order chi connectivity index (χ0) is 9.07. The minimum Gasteiger partial charge on any atom is -0.300 e. The van der Waals surface area contributed by atoms with Crippen LogP contribution in [-0.4, -0.2) is 11.4 Å². The first-order chi connectivity index (χ1) is 4.95. The first-order valence-corrected chi connectivity index (χ1v) is 3.84. The van der Waals surface area contributed by atoms with Crippen LogP contribution in [0.1, 0.15) is 34.1 Å². The van der Waals surface area contributed by atoms with E-state index in [1.165, 1.54) is 0 Å². The number of nitrogens with two attached hydrogens (primary N) is 1. The molecule has 0 rings (SSSR count). The molecule has 11 heavy (non-hydrogen) atoms. The Kier molecular flexibility index (Phi) is 3.69. The van der Waals surface area contributed by atoms with Crippen molar-refractivity contribution in [1.29, 1.82) is 0 Å². The third-order valence-electron chi connectivity index (χ3n) is 2.04. The van der Waals surface area contributed by atoms with Crippen LogP contribution in [0.2, 0.25) is 0 Å². The summed E-state index contributed by atoms with van der Waals surface area (Å²) in [4.78, 5) is 15.8. The fourth-order valence-electron chi connectivity index (χ4n) is 1.35. The number of hydrogen-bond donors (Lipinski definition) is 1. The molecule has 0 bridgehead atoms. The third kappa shape index (κ3) is 2.60. The van der Waals surface area contributed by atoms with Crippen LogP contribution in [0.25, 0.3) is 0 Å². The van der Waals surface area contributed by atoms with Crippen LogP contribution < -0.4 is 5.90 Å². The van der Waals surface area contributed by atoms with Crippen molar-refractivity contribution in [1.82, 2.24) is 0 Å². The molecule has 0 saturated heterocycles. The zero-order valence-corrected chi connectivity index (χ0v) is 7.68. The van der Waals surface area contributed by atoms with Gasteiger partial charge in [-0.15, -0.1) is 0 Å². The van der Waals surface area contributed by atoms with Crippen molar-refractivity contribution in [3.05, 3.63) is 0 Å². The Hall–Kier alpha value is -0.410. The van der Waals surface area contributed by atoms with E-state index in [9.17, 15) is 4.79 Å². The van der Waals surface area contributed by atoms with E-state index in [-0.39, 0.29) is 11.7 Å². The van der Waals surface area contributed by atoms with E-state index in [4.69, 9.17) is 10.7 Å². The van der Waals surface area contributed by atoms with Gasteiger partial charge in [-0.25, -0.2) is 5.90 Å². The summed E-state index contributed by atoms with van der Waals surface area (Å²) >= 11 is 0. The standard InChI is InChI=1S/C8H17NO2/c1-5-7(6(2)10)8(3,4)11-9/h7H,5,9H2,1-4H3. The molecule has 0 aliphatic rings. The number of Topliss-reactive ketones (excluding diaryl/α,β-unsaturated/α-hetero) is 1. The van der Waals surface area contributed by atoms with E-state index in [1.807, 2.05) is 20.8 Å². The average Bonchev–Trinajstić information content (AvgIpc) is 1.88. The number of carbonyl (C=O) groups is 1. The molecule has 0 saturated carbocycles. The molecule has 1 atom stereocenters. The summed E-state index contributed by atoms with van der Waals surface area (Å²) in [7, 11) is 0. The van der Waals surface area contributed by atoms with Crippen LogP contribution >= 0.6 is 0 Å². The lowest BCUT2D eigenvalue weighted by atomic mass is 9.86. The molecule has 0 aromatic rings. The Morgan fingerprint density at radius 1 is 1.64 bits per heavy atom. The highest BCUT2D eigenvalue weighted by atomic mass is 16.6. The van der Waals surface area contributed by atoms with E-state index in [0.717, 1.165) is 6.42 Å². The number of hydrogen-bond acceptors (Lipinski definition) is 3. The fourth-order valence-corrected chi connectivity index (χ4v) is 1.35. The highest BCUT2D eigenvalue weighted by Crippen LogP contribution is 2.23. The Morgan fingerprint density at radius 3 is 2.18 bits per heavy atom. The molecular weight excluding hydrogens is 142 g/mol. The summed E-state index contributed by atoms with van der Waals surface area (Å²) in [6.07, 6.45) is 0.763. The molecule has 2 N–H and O–H groups in total. The minimum atomic E-state index is -0.541. The van der Waals surface area contributed by atoms with Crippen LogP contribution in [0, 0.1) is 5.92 Å². The highest BCUT2D eigenvalue weighted by molar-refractivity contribution is 5.79. The molecule has 0 spiro atoms. The van der Waals surface area contributed by atoms with Crippen LogP contribution in [-0.2, 0) is 9.63 Å². The van der Waals surface area contributed by atoms with Gasteiger partial charge in [0.15, 0.2) is 0 Å². The number of ketones is 1. The van der Waals surface area contributed by atoms with E-state index in [0.29, 0.717) is 0 Å². The van der Waals surface area contributed by atoms with Gasteiger partial charge < -0.3 is 0 Å². The molecule has 0 aromatic carbocycles. The van der Waals surface area contributed by atoms with Crippen molar-refractivity contribution in [3.8, 4) is 0 Å². The van der Waals surface area contributed by atoms with Crippen molar-refractivity contribution in [2.24, 2.45) is 11.8 Å². The van der Waals surface area contributed by atoms with Crippen LogP contribution in [0.3, 0.4) is 0 Å². The molecule has 0 aliphatic carbocycles. The molecule has 66 valence electrons. The Balaban J connectivity index is 4.36. The topological polar surface area (TPSA) is 52.3 Å². The van der Waals surface area contributed by atoms with Gasteiger partial charge >= 0.3 is 0 Å². The monoisotopic (exact) mass is 159 g/mol. The van der Waals surface area contributed by atoms with Crippen LogP contribution in [0.15, 0.2) is 0 Å². The van der Waals surface area contributed by atoms with Crippen molar-refractivity contribution in [2.45, 2.75) is 39.7 Å². The van der Waals surface area contributed by atoms with Gasteiger partial charge in [-0.1, -0.05) is 6.92 Å². The second-order valence-electron chi connectivity index (χ2n) is 3.29. The summed E-state index contributed by atoms with van der Waals surface area (Å²) in [5, 5.41) is 0. The van der Waals surface area contributed by atoms with E-state index >= 15 is 0 Å². The molecule has 0 fully saturated rings. The lowest BCUT2D eigenvalue weighted by molar-refractivity contribution is -0.134. The first-order valence-electron chi connectivity index (χ1n) is 3.84. The molecule has 0 heterocycles. The second kappa shape index (κ2) is 3.83. The number of carbonyl (C=O) groups excluding carboxylic acids is 1. The lowest BCUT2D eigenvalue weighted by Crippen LogP contribution is -2.40. The maximum atomic E-state index is 11.0. The van der Waals surface area contributed by atoms with E-state index in [2.05, 4.69) is 0 Å². The molecular formula is C8H17NO2. The van der Waals surface area contributed by atoms with Crippen molar-refractivity contribution in [2.75, 3.05) is 0 Å². The van der Waals surface area contributed by atoms with Gasteiger partial charge in [-0.3, -0.25) is 9.63 Å². The maximum absolute atomic E-state index is 11.0. The van der Waals surface area contributed by atoms with Crippen molar-refractivity contribution >= 4 is 5.78 Å². The van der Waals surface area contributed by atoms with Crippen molar-refractivity contribution < 1.29 is 9.63 Å². The normalized spacial score (nSPS) is 14.6. The van der Waals surface area contributed by atoms with E-state index in [1.54, 1.807) is 6.92 Å². The van der Waals surface area contributed by atoms with Gasteiger partial charge in [0.2, 0.25) is 0 Å². The van der Waals surface area contributed by atoms with Gasteiger partial charge in [-0.2, -0.15) is 0 Å². The molecule has 3 nitrogen and oxygen atoms in total. The smallest absolute Gasteiger partial charge is 0.135 e. The first kappa shape index (κ1) is 10.6. The SMILES string of the molecule is CCC(C(C)=O)C(C)(C)ON. The van der Waals surface area contributed by atoms with Gasteiger partial charge in [0.25, 0.3) is 0 Å². The average molecular weight is 159 g/mol. The predicted octanol–water partition coefficient (Wildman–Crippen LogP) is 1.27. The molecule has 0 radical (unpaired) electrons. The Morgan fingerprint density at radius 2 is 2.09 bits per heavy atom. The molecule has 0 aromatic heterocycles. The fraction of sp³-hybridized carbons (Fsp3) is 0.875. The van der Waals surface area contributed by atoms with Gasteiger partial charge in [0.1, 0.15) is 5.78 Å². The van der Waals surface area contributed by atoms with E-state index < -0.39 is 5.60 Å². The quantitative estimate of drug-likeness (QED) is 0.628. The summed E-state index contributed by atoms with van der Waals surface area (Å²) < 4.78 is 0. The maximum Gasteiger partial charge on any atom is 0.135 e. The van der Waals surface area contributed by atoms with Gasteiger partial charge in [0, 0.05) is 5.92 Å². The van der Waals surface area contributed by atoms with Crippen LogP contribution in [0.5, 0.6) is 0 Å². The zero-order valence-electron chi connectivity index (χ0n) is 7.68. The number of rotatable bonds is 4. The largest absolute Gasteiger partial charge is 0.300 e. The van der Waals surface area contributed by atoms with Gasteiger partial charge in [-0.05, 0) is 27.2 Å². The second-order valence-corrected chi connectivity index (χ2v) is 3.29. The van der Waals surface area contributed by atoms with Crippen LogP contribution in [0.4, 0.5) is 0 Å². The Bertz CT molecular complexity index is 143. The summed E-state index contributed by atoms with van der Waals surface area (Å²) in [6, 6.07) is 0. The lowest BCUT2D eigenvalue weighted by Gasteiger charge is -2.29.